The lowest BCUT2D eigenvalue weighted by atomic mass is 10.2. The van der Waals surface area contributed by atoms with Gasteiger partial charge in [-0.3, -0.25) is 4.79 Å². The monoisotopic (exact) mass is 294 g/mol. The number of methoxy groups -OCH3 is 1. The molecule has 0 fully saturated rings. The summed E-state index contributed by atoms with van der Waals surface area (Å²) in [5.74, 6) is -0.171. The number of hydrogen-bond acceptors (Lipinski definition) is 3. The normalized spacial score (nSPS) is 10.9. The summed E-state index contributed by atoms with van der Waals surface area (Å²) in [5, 5.41) is 5.09. The highest BCUT2D eigenvalue weighted by molar-refractivity contribution is 6.31. The second-order valence-corrected chi connectivity index (χ2v) is 5.16. The Morgan fingerprint density at radius 1 is 1.45 bits per heavy atom. The highest BCUT2D eigenvalue weighted by atomic mass is 35.5. The van der Waals surface area contributed by atoms with E-state index in [0.29, 0.717) is 6.42 Å². The van der Waals surface area contributed by atoms with Gasteiger partial charge in [0, 0.05) is 41.6 Å². The summed E-state index contributed by atoms with van der Waals surface area (Å²) in [5.41, 5.74) is 2.34. The van der Waals surface area contributed by atoms with E-state index in [1.54, 1.807) is 0 Å². The van der Waals surface area contributed by atoms with Crippen LogP contribution in [0.4, 0.5) is 0 Å². The summed E-state index contributed by atoms with van der Waals surface area (Å²) in [7, 11) is 3.34. The van der Waals surface area contributed by atoms with Crippen molar-refractivity contribution in [2.24, 2.45) is 0 Å². The van der Waals surface area contributed by atoms with Crippen molar-refractivity contribution in [3.63, 3.8) is 0 Å². The molecule has 0 aliphatic carbocycles. The van der Waals surface area contributed by atoms with Gasteiger partial charge in [0.05, 0.1) is 7.11 Å². The molecule has 1 aromatic heterocycles. The van der Waals surface area contributed by atoms with Crippen molar-refractivity contribution in [3.05, 3.63) is 35.0 Å². The highest BCUT2D eigenvalue weighted by Crippen LogP contribution is 2.25. The zero-order chi connectivity index (χ0) is 14.5. The van der Waals surface area contributed by atoms with Crippen LogP contribution >= 0.6 is 11.6 Å². The molecule has 0 saturated carbocycles. The molecule has 0 radical (unpaired) electrons. The smallest absolute Gasteiger partial charge is 0.305 e. The number of fused-ring (bicyclic) bond motifs is 1. The van der Waals surface area contributed by atoms with Gasteiger partial charge in [-0.15, -0.1) is 0 Å². The number of hydrogen-bond donors (Lipinski definition) is 1. The van der Waals surface area contributed by atoms with Crippen LogP contribution in [-0.4, -0.2) is 24.7 Å². The number of halogens is 1. The molecule has 0 aliphatic heterocycles. The molecular formula is C15H19ClN2O2. The maximum atomic E-state index is 11.2. The van der Waals surface area contributed by atoms with Crippen molar-refractivity contribution in [2.45, 2.75) is 25.9 Å². The predicted octanol–water partition coefficient (Wildman–Crippen LogP) is 2.97. The summed E-state index contributed by atoms with van der Waals surface area (Å²) < 4.78 is 6.81. The number of benzene rings is 1. The number of nitrogens with zero attached hydrogens (tertiary/aromatic N) is 1. The molecule has 108 valence electrons. The first-order chi connectivity index (χ1) is 9.65. The fourth-order valence-electron chi connectivity index (χ4n) is 2.35. The van der Waals surface area contributed by atoms with E-state index in [9.17, 15) is 4.79 Å². The van der Waals surface area contributed by atoms with E-state index in [1.165, 1.54) is 18.1 Å². The third-order valence-electron chi connectivity index (χ3n) is 3.30. The Balaban J connectivity index is 2.23. The van der Waals surface area contributed by atoms with Gasteiger partial charge in [-0.1, -0.05) is 17.7 Å². The second kappa shape index (κ2) is 6.77. The summed E-state index contributed by atoms with van der Waals surface area (Å²) in [4.78, 5) is 11.2. The SMILES string of the molecule is CNCc1cn(CCCC(=O)OC)c2cc(Cl)ccc12. The summed E-state index contributed by atoms with van der Waals surface area (Å²) in [6, 6.07) is 5.91. The molecule has 0 atom stereocenters. The Morgan fingerprint density at radius 3 is 2.95 bits per heavy atom. The van der Waals surface area contributed by atoms with Crippen LogP contribution in [0.25, 0.3) is 10.9 Å². The Hall–Kier alpha value is -1.52. The van der Waals surface area contributed by atoms with Crippen molar-refractivity contribution in [1.82, 2.24) is 9.88 Å². The van der Waals surface area contributed by atoms with E-state index in [4.69, 9.17) is 11.6 Å². The lowest BCUT2D eigenvalue weighted by Gasteiger charge is -2.05. The number of rotatable bonds is 6. The number of aryl methyl sites for hydroxylation is 1. The molecule has 5 heteroatoms. The minimum Gasteiger partial charge on any atom is -0.469 e. The fourth-order valence-corrected chi connectivity index (χ4v) is 2.52. The average molecular weight is 295 g/mol. The van der Waals surface area contributed by atoms with Crippen LogP contribution in [0.1, 0.15) is 18.4 Å². The molecule has 1 heterocycles. The maximum absolute atomic E-state index is 11.2. The van der Waals surface area contributed by atoms with Crippen LogP contribution in [0.2, 0.25) is 5.02 Å². The molecular weight excluding hydrogens is 276 g/mol. The second-order valence-electron chi connectivity index (χ2n) is 4.72. The van der Waals surface area contributed by atoms with Crippen LogP contribution in [0.3, 0.4) is 0 Å². The summed E-state index contributed by atoms with van der Waals surface area (Å²) >= 11 is 6.08. The van der Waals surface area contributed by atoms with Gasteiger partial charge < -0.3 is 14.6 Å². The molecule has 2 aromatic rings. The lowest BCUT2D eigenvalue weighted by molar-refractivity contribution is -0.140. The van der Waals surface area contributed by atoms with Crippen LogP contribution in [0.5, 0.6) is 0 Å². The van der Waals surface area contributed by atoms with E-state index < -0.39 is 0 Å². The van der Waals surface area contributed by atoms with Crippen molar-refractivity contribution in [2.75, 3.05) is 14.2 Å². The minimum atomic E-state index is -0.171. The van der Waals surface area contributed by atoms with Gasteiger partial charge in [-0.2, -0.15) is 0 Å². The quantitative estimate of drug-likeness (QED) is 0.833. The number of nitrogens with one attached hydrogen (secondary N) is 1. The van der Waals surface area contributed by atoms with E-state index in [2.05, 4.69) is 20.8 Å². The Morgan fingerprint density at radius 2 is 2.25 bits per heavy atom. The molecule has 0 saturated heterocycles. The van der Waals surface area contributed by atoms with E-state index in [-0.39, 0.29) is 5.97 Å². The van der Waals surface area contributed by atoms with Gasteiger partial charge >= 0.3 is 5.97 Å². The molecule has 2 rings (SSSR count). The first kappa shape index (κ1) is 14.9. The minimum absolute atomic E-state index is 0.171. The summed E-state index contributed by atoms with van der Waals surface area (Å²) in [6.45, 7) is 1.58. The average Bonchev–Trinajstić information content (AvgIpc) is 2.77. The van der Waals surface area contributed by atoms with Crippen LogP contribution < -0.4 is 5.32 Å². The third kappa shape index (κ3) is 3.32. The molecule has 1 N–H and O–H groups in total. The van der Waals surface area contributed by atoms with Gasteiger partial charge in [-0.05, 0) is 31.2 Å². The molecule has 20 heavy (non-hydrogen) atoms. The predicted molar refractivity (Wildman–Crippen MR) is 81.0 cm³/mol. The highest BCUT2D eigenvalue weighted by Gasteiger charge is 2.09. The van der Waals surface area contributed by atoms with Crippen molar-refractivity contribution < 1.29 is 9.53 Å². The van der Waals surface area contributed by atoms with Gasteiger partial charge in [0.2, 0.25) is 0 Å². The number of esters is 1. The van der Waals surface area contributed by atoms with Crippen LogP contribution in [0.15, 0.2) is 24.4 Å². The Bertz CT molecular complexity index is 607. The van der Waals surface area contributed by atoms with E-state index >= 15 is 0 Å². The third-order valence-corrected chi connectivity index (χ3v) is 3.54. The molecule has 0 spiro atoms. The topological polar surface area (TPSA) is 43.3 Å². The molecule has 0 aliphatic rings. The fraction of sp³-hybridized carbons (Fsp3) is 0.400. The molecule has 4 nitrogen and oxygen atoms in total. The zero-order valence-electron chi connectivity index (χ0n) is 11.8. The maximum Gasteiger partial charge on any atom is 0.305 e. The lowest BCUT2D eigenvalue weighted by Crippen LogP contribution is -2.05. The van der Waals surface area contributed by atoms with Crippen LogP contribution in [0, 0.1) is 0 Å². The van der Waals surface area contributed by atoms with Gasteiger partial charge in [0.15, 0.2) is 0 Å². The molecule has 0 unspecified atom stereocenters. The van der Waals surface area contributed by atoms with Crippen molar-refractivity contribution in [1.29, 1.82) is 0 Å². The largest absolute Gasteiger partial charge is 0.469 e. The zero-order valence-corrected chi connectivity index (χ0v) is 12.5. The number of carbonyl (C=O) groups excluding carboxylic acids is 1. The molecule has 0 amide bonds. The first-order valence-corrected chi connectivity index (χ1v) is 7.02. The number of aromatic nitrogens is 1. The van der Waals surface area contributed by atoms with Gasteiger partial charge in [0.1, 0.15) is 0 Å². The number of carbonyl (C=O) groups is 1. The van der Waals surface area contributed by atoms with Gasteiger partial charge in [-0.25, -0.2) is 0 Å². The Kier molecular flexibility index (Phi) is 5.04. The van der Waals surface area contributed by atoms with E-state index in [1.807, 2.05) is 25.2 Å². The first-order valence-electron chi connectivity index (χ1n) is 6.64. The Labute approximate surface area is 123 Å². The van der Waals surface area contributed by atoms with Crippen molar-refractivity contribution >= 4 is 28.5 Å². The summed E-state index contributed by atoms with van der Waals surface area (Å²) in [6.07, 6.45) is 3.30. The van der Waals surface area contributed by atoms with Crippen LogP contribution in [-0.2, 0) is 22.6 Å². The number of ether oxygens (including phenoxy) is 1. The molecule has 0 bridgehead atoms. The van der Waals surface area contributed by atoms with Crippen molar-refractivity contribution in [3.8, 4) is 0 Å². The standard InChI is InChI=1S/C15H19ClN2O2/c1-17-9-11-10-18(7-3-4-15(19)20-2)14-8-12(16)5-6-13(11)14/h5-6,8,10,17H,3-4,7,9H2,1-2H3. The molecule has 1 aromatic carbocycles. The van der Waals surface area contributed by atoms with Gasteiger partial charge in [0.25, 0.3) is 0 Å². The van der Waals surface area contributed by atoms with E-state index in [0.717, 1.165) is 30.0 Å².